The van der Waals surface area contributed by atoms with Crippen molar-refractivity contribution in [1.82, 2.24) is 14.9 Å². The molecule has 1 saturated heterocycles. The largest absolute Gasteiger partial charge is 0.396 e. The van der Waals surface area contributed by atoms with Gasteiger partial charge in [-0.25, -0.2) is 4.98 Å². The van der Waals surface area contributed by atoms with Crippen molar-refractivity contribution in [2.75, 3.05) is 19.7 Å². The molecule has 19 heavy (non-hydrogen) atoms. The number of benzene rings is 1. The quantitative estimate of drug-likeness (QED) is 0.864. The highest BCUT2D eigenvalue weighted by molar-refractivity contribution is 5.77. The molecule has 2 aromatic rings. The zero-order chi connectivity index (χ0) is 13.4. The average Bonchev–Trinajstić information content (AvgIpc) is 2.73. The number of nitrogens with zero attached hydrogens (tertiary/aromatic N) is 2. The number of fused-ring (bicyclic) bond motifs is 1. The molecule has 0 aliphatic carbocycles. The van der Waals surface area contributed by atoms with E-state index in [4.69, 9.17) is 0 Å². The van der Waals surface area contributed by atoms with Crippen LogP contribution >= 0.6 is 0 Å². The Morgan fingerprint density at radius 1 is 1.42 bits per heavy atom. The lowest BCUT2D eigenvalue weighted by Gasteiger charge is -2.33. The highest BCUT2D eigenvalue weighted by Gasteiger charge is 2.28. The molecule has 2 heterocycles. The molecule has 2 N–H and O–H groups in total. The normalized spacial score (nSPS) is 23.9. The number of aliphatic hydroxyl groups excluding tert-OH is 1. The predicted molar refractivity (Wildman–Crippen MR) is 76.3 cm³/mol. The van der Waals surface area contributed by atoms with Crippen LogP contribution in [-0.4, -0.2) is 34.4 Å². The van der Waals surface area contributed by atoms with Crippen molar-refractivity contribution in [3.05, 3.63) is 29.6 Å². The smallest absolute Gasteiger partial charge is 0.106 e. The van der Waals surface area contributed by atoms with Crippen LogP contribution < -0.4 is 5.32 Å². The molecule has 102 valence electrons. The van der Waals surface area contributed by atoms with Gasteiger partial charge in [0.15, 0.2) is 0 Å². The van der Waals surface area contributed by atoms with Gasteiger partial charge in [0.05, 0.1) is 11.0 Å². The standard InChI is InChI=1S/C15H21N3O/c1-10-3-4-15-13(7-10)17-11(2)18(15)14-5-6-16-8-12(14)9-19/h3-4,7,12,14,16,19H,5-6,8-9H2,1-2H3/t12-,14+/m0/s1. The lowest BCUT2D eigenvalue weighted by atomic mass is 9.93. The summed E-state index contributed by atoms with van der Waals surface area (Å²) < 4.78 is 2.32. The van der Waals surface area contributed by atoms with Crippen LogP contribution in [0, 0.1) is 19.8 Å². The summed E-state index contributed by atoms with van der Waals surface area (Å²) in [6.45, 7) is 6.27. The topological polar surface area (TPSA) is 50.1 Å². The molecule has 0 bridgehead atoms. The minimum atomic E-state index is 0.225. The van der Waals surface area contributed by atoms with Crippen LogP contribution in [0.25, 0.3) is 11.0 Å². The van der Waals surface area contributed by atoms with Crippen molar-refractivity contribution < 1.29 is 5.11 Å². The number of rotatable bonds is 2. The van der Waals surface area contributed by atoms with Gasteiger partial charge in [0, 0.05) is 25.1 Å². The molecule has 0 amide bonds. The molecule has 0 unspecified atom stereocenters. The van der Waals surface area contributed by atoms with Crippen LogP contribution in [-0.2, 0) is 0 Å². The van der Waals surface area contributed by atoms with Crippen LogP contribution in [0.1, 0.15) is 23.9 Å². The van der Waals surface area contributed by atoms with Crippen molar-refractivity contribution in [3.63, 3.8) is 0 Å². The third-order valence-corrected chi connectivity index (χ3v) is 4.16. The number of aryl methyl sites for hydroxylation is 2. The Hall–Kier alpha value is -1.39. The van der Waals surface area contributed by atoms with Crippen molar-refractivity contribution in [3.8, 4) is 0 Å². The Balaban J connectivity index is 2.10. The molecule has 3 rings (SSSR count). The Bertz CT molecular complexity index is 590. The second-order valence-electron chi connectivity index (χ2n) is 5.52. The van der Waals surface area contributed by atoms with Crippen LogP contribution in [0.2, 0.25) is 0 Å². The van der Waals surface area contributed by atoms with Gasteiger partial charge in [0.2, 0.25) is 0 Å². The maximum Gasteiger partial charge on any atom is 0.106 e. The van der Waals surface area contributed by atoms with Gasteiger partial charge in [-0.05, 0) is 44.5 Å². The first kappa shape index (κ1) is 12.6. The molecular weight excluding hydrogens is 238 g/mol. The van der Waals surface area contributed by atoms with Crippen LogP contribution in [0.3, 0.4) is 0 Å². The first-order chi connectivity index (χ1) is 9.20. The van der Waals surface area contributed by atoms with E-state index < -0.39 is 0 Å². The zero-order valence-electron chi connectivity index (χ0n) is 11.6. The summed E-state index contributed by atoms with van der Waals surface area (Å²) in [5.74, 6) is 1.32. The Labute approximate surface area is 113 Å². The van der Waals surface area contributed by atoms with E-state index in [1.54, 1.807) is 0 Å². The molecule has 1 aromatic carbocycles. The van der Waals surface area contributed by atoms with Crippen molar-refractivity contribution >= 4 is 11.0 Å². The predicted octanol–water partition coefficient (Wildman–Crippen LogP) is 1.80. The van der Waals surface area contributed by atoms with Crippen LogP contribution in [0.15, 0.2) is 18.2 Å². The summed E-state index contributed by atoms with van der Waals surface area (Å²) in [5, 5.41) is 13.0. The zero-order valence-corrected chi connectivity index (χ0v) is 11.6. The van der Waals surface area contributed by atoms with Gasteiger partial charge < -0.3 is 15.0 Å². The molecule has 0 spiro atoms. The van der Waals surface area contributed by atoms with Gasteiger partial charge >= 0.3 is 0 Å². The fourth-order valence-corrected chi connectivity index (χ4v) is 3.18. The van der Waals surface area contributed by atoms with E-state index in [9.17, 15) is 5.11 Å². The maximum atomic E-state index is 9.59. The fourth-order valence-electron chi connectivity index (χ4n) is 3.18. The number of piperidine rings is 1. The summed E-state index contributed by atoms with van der Waals surface area (Å²) in [6, 6.07) is 6.77. The summed E-state index contributed by atoms with van der Waals surface area (Å²) in [7, 11) is 0. The van der Waals surface area contributed by atoms with Gasteiger partial charge in [-0.1, -0.05) is 6.07 Å². The van der Waals surface area contributed by atoms with Crippen LogP contribution in [0.4, 0.5) is 0 Å². The minimum Gasteiger partial charge on any atom is -0.396 e. The fraction of sp³-hybridized carbons (Fsp3) is 0.533. The van der Waals surface area contributed by atoms with Gasteiger partial charge in [0.25, 0.3) is 0 Å². The molecule has 1 aliphatic heterocycles. The first-order valence-electron chi connectivity index (χ1n) is 6.97. The highest BCUT2D eigenvalue weighted by atomic mass is 16.3. The van der Waals surface area contributed by atoms with E-state index in [-0.39, 0.29) is 12.5 Å². The Kier molecular flexibility index (Phi) is 3.29. The highest BCUT2D eigenvalue weighted by Crippen LogP contribution is 2.30. The van der Waals surface area contributed by atoms with Gasteiger partial charge in [0.1, 0.15) is 5.82 Å². The number of nitrogens with one attached hydrogen (secondary N) is 1. The molecule has 1 aromatic heterocycles. The monoisotopic (exact) mass is 259 g/mol. The van der Waals surface area contributed by atoms with E-state index in [0.717, 1.165) is 30.9 Å². The molecule has 1 aliphatic rings. The summed E-state index contributed by atoms with van der Waals surface area (Å²) in [4.78, 5) is 4.68. The number of aromatic nitrogens is 2. The average molecular weight is 259 g/mol. The molecule has 0 radical (unpaired) electrons. The summed E-state index contributed by atoms with van der Waals surface area (Å²) >= 11 is 0. The number of hydrogen-bond acceptors (Lipinski definition) is 3. The number of aliphatic hydroxyl groups is 1. The SMILES string of the molecule is Cc1ccc2c(c1)nc(C)n2[C@@H]1CCNC[C@H]1CO. The third kappa shape index (κ3) is 2.15. The number of hydrogen-bond donors (Lipinski definition) is 2. The molecule has 1 fully saturated rings. The van der Waals surface area contributed by atoms with Crippen molar-refractivity contribution in [2.24, 2.45) is 5.92 Å². The second-order valence-corrected chi connectivity index (χ2v) is 5.52. The lowest BCUT2D eigenvalue weighted by molar-refractivity contribution is 0.150. The third-order valence-electron chi connectivity index (χ3n) is 4.16. The van der Waals surface area contributed by atoms with Crippen molar-refractivity contribution in [1.29, 1.82) is 0 Å². The van der Waals surface area contributed by atoms with E-state index in [0.29, 0.717) is 6.04 Å². The van der Waals surface area contributed by atoms with E-state index in [1.165, 1.54) is 11.1 Å². The van der Waals surface area contributed by atoms with E-state index in [2.05, 4.69) is 46.9 Å². The molecule has 4 nitrogen and oxygen atoms in total. The molecular formula is C15H21N3O. The van der Waals surface area contributed by atoms with Gasteiger partial charge in [-0.3, -0.25) is 0 Å². The van der Waals surface area contributed by atoms with Gasteiger partial charge in [-0.15, -0.1) is 0 Å². The minimum absolute atomic E-state index is 0.225. The Morgan fingerprint density at radius 2 is 2.26 bits per heavy atom. The van der Waals surface area contributed by atoms with Crippen molar-refractivity contribution in [2.45, 2.75) is 26.3 Å². The van der Waals surface area contributed by atoms with E-state index in [1.807, 2.05) is 0 Å². The summed E-state index contributed by atoms with van der Waals surface area (Å²) in [6.07, 6.45) is 1.05. The maximum absolute atomic E-state index is 9.59. The second kappa shape index (κ2) is 4.94. The Morgan fingerprint density at radius 3 is 3.05 bits per heavy atom. The molecule has 4 heteroatoms. The molecule has 2 atom stereocenters. The van der Waals surface area contributed by atoms with Gasteiger partial charge in [-0.2, -0.15) is 0 Å². The lowest BCUT2D eigenvalue weighted by Crippen LogP contribution is -2.39. The number of imidazole rings is 1. The first-order valence-corrected chi connectivity index (χ1v) is 6.97. The molecule has 0 saturated carbocycles. The van der Waals surface area contributed by atoms with E-state index >= 15 is 0 Å². The summed E-state index contributed by atoms with van der Waals surface area (Å²) in [5.41, 5.74) is 3.49. The van der Waals surface area contributed by atoms with Crippen LogP contribution in [0.5, 0.6) is 0 Å².